The van der Waals surface area contributed by atoms with Crippen molar-refractivity contribution >= 4 is 23.2 Å². The molecule has 0 amide bonds. The maximum Gasteiger partial charge on any atom is 0.356 e. The Bertz CT molecular complexity index is 1170. The number of nitrogens with zero attached hydrogens (tertiary/aromatic N) is 3. The zero-order valence-electron chi connectivity index (χ0n) is 15.5. The normalized spacial score (nSPS) is 11.0. The zero-order valence-corrected chi connectivity index (χ0v) is 16.3. The van der Waals surface area contributed by atoms with Gasteiger partial charge in [-0.05, 0) is 47.9 Å². The largest absolute Gasteiger partial charge is 0.464 e. The molecule has 0 aliphatic heterocycles. The maximum atomic E-state index is 11.6. The molecule has 0 bridgehead atoms. The molecular formula is C22H18ClN3O2. The zero-order chi connectivity index (χ0) is 19.7. The molecule has 0 atom stereocenters. The standard InChI is InChI=1S/C22H18ClN3O2/c1-14-12-26-13-16(8-15-6-7-20(24-11-15)22(27)28-2)9-19(21(26)25-14)17-4-3-5-18(23)10-17/h3-7,9-13H,8H2,1-2H3. The van der Waals surface area contributed by atoms with E-state index in [2.05, 4.69) is 22.2 Å². The fourth-order valence-corrected chi connectivity index (χ4v) is 3.43. The summed E-state index contributed by atoms with van der Waals surface area (Å²) in [5.41, 5.74) is 6.28. The van der Waals surface area contributed by atoms with Gasteiger partial charge in [-0.1, -0.05) is 29.8 Å². The van der Waals surface area contributed by atoms with Crippen LogP contribution >= 0.6 is 11.6 Å². The lowest BCUT2D eigenvalue weighted by molar-refractivity contribution is 0.0594. The number of pyridine rings is 2. The predicted octanol–water partition coefficient (Wildman–Crippen LogP) is 4.74. The second-order valence-electron chi connectivity index (χ2n) is 6.61. The van der Waals surface area contributed by atoms with Gasteiger partial charge >= 0.3 is 5.97 Å². The van der Waals surface area contributed by atoms with Crippen LogP contribution in [0.2, 0.25) is 5.02 Å². The molecule has 0 fully saturated rings. The fourth-order valence-electron chi connectivity index (χ4n) is 3.23. The molecule has 0 saturated heterocycles. The molecule has 3 aromatic heterocycles. The van der Waals surface area contributed by atoms with Crippen LogP contribution in [0, 0.1) is 6.92 Å². The average molecular weight is 392 g/mol. The summed E-state index contributed by atoms with van der Waals surface area (Å²) < 4.78 is 6.74. The van der Waals surface area contributed by atoms with Gasteiger partial charge in [0.05, 0.1) is 12.8 Å². The Kier molecular flexibility index (Phi) is 4.84. The van der Waals surface area contributed by atoms with Gasteiger partial charge in [0, 0.05) is 35.6 Å². The monoisotopic (exact) mass is 391 g/mol. The summed E-state index contributed by atoms with van der Waals surface area (Å²) in [6.07, 6.45) is 6.45. The van der Waals surface area contributed by atoms with E-state index in [9.17, 15) is 4.79 Å². The molecule has 6 heteroatoms. The summed E-state index contributed by atoms with van der Waals surface area (Å²) in [6.45, 7) is 1.98. The number of esters is 1. The predicted molar refractivity (Wildman–Crippen MR) is 109 cm³/mol. The van der Waals surface area contributed by atoms with Crippen LogP contribution in [0.4, 0.5) is 0 Å². The smallest absolute Gasteiger partial charge is 0.356 e. The first-order chi connectivity index (χ1) is 13.5. The summed E-state index contributed by atoms with van der Waals surface area (Å²) in [5, 5.41) is 0.687. The quantitative estimate of drug-likeness (QED) is 0.472. The number of benzene rings is 1. The molecule has 0 radical (unpaired) electrons. The maximum absolute atomic E-state index is 11.6. The van der Waals surface area contributed by atoms with Crippen molar-refractivity contribution in [2.75, 3.05) is 7.11 Å². The second kappa shape index (κ2) is 7.44. The van der Waals surface area contributed by atoms with E-state index in [1.165, 1.54) is 7.11 Å². The SMILES string of the molecule is COC(=O)c1ccc(Cc2cc(-c3cccc(Cl)c3)c3nc(C)cn3c2)cn1. The minimum Gasteiger partial charge on any atom is -0.464 e. The molecule has 0 unspecified atom stereocenters. The van der Waals surface area contributed by atoms with Crippen LogP contribution in [-0.4, -0.2) is 27.4 Å². The van der Waals surface area contributed by atoms with Crippen LogP contribution in [0.5, 0.6) is 0 Å². The third kappa shape index (κ3) is 3.62. The lowest BCUT2D eigenvalue weighted by atomic mass is 10.0. The Morgan fingerprint density at radius 3 is 2.71 bits per heavy atom. The number of halogens is 1. The number of carbonyl (C=O) groups is 1. The van der Waals surface area contributed by atoms with Crippen molar-refractivity contribution in [3.8, 4) is 11.1 Å². The molecule has 0 aliphatic carbocycles. The van der Waals surface area contributed by atoms with Crippen molar-refractivity contribution in [2.24, 2.45) is 0 Å². The highest BCUT2D eigenvalue weighted by Gasteiger charge is 2.11. The lowest BCUT2D eigenvalue weighted by Gasteiger charge is -2.09. The number of aryl methyl sites for hydroxylation is 1. The number of hydrogen-bond acceptors (Lipinski definition) is 4. The van der Waals surface area contributed by atoms with Gasteiger partial charge in [-0.15, -0.1) is 0 Å². The number of carbonyl (C=O) groups excluding carboxylic acids is 1. The molecular weight excluding hydrogens is 374 g/mol. The number of methoxy groups -OCH3 is 1. The van der Waals surface area contributed by atoms with Crippen molar-refractivity contribution in [3.05, 3.63) is 88.6 Å². The number of ether oxygens (including phenoxy) is 1. The highest BCUT2D eigenvalue weighted by atomic mass is 35.5. The van der Waals surface area contributed by atoms with Gasteiger partial charge in [-0.3, -0.25) is 0 Å². The first kappa shape index (κ1) is 18.2. The molecule has 0 N–H and O–H groups in total. The van der Waals surface area contributed by atoms with Gasteiger partial charge in [0.15, 0.2) is 0 Å². The Morgan fingerprint density at radius 1 is 1.14 bits per heavy atom. The van der Waals surface area contributed by atoms with E-state index in [1.807, 2.05) is 47.9 Å². The summed E-state index contributed by atoms with van der Waals surface area (Å²) >= 11 is 6.20. The fraction of sp³-hybridized carbons (Fsp3) is 0.136. The van der Waals surface area contributed by atoms with E-state index in [0.717, 1.165) is 33.6 Å². The number of rotatable bonds is 4. The van der Waals surface area contributed by atoms with E-state index in [4.69, 9.17) is 16.3 Å². The summed E-state index contributed by atoms with van der Waals surface area (Å²) in [4.78, 5) is 20.4. The van der Waals surface area contributed by atoms with Crippen molar-refractivity contribution < 1.29 is 9.53 Å². The molecule has 5 nitrogen and oxygen atoms in total. The molecule has 140 valence electrons. The van der Waals surface area contributed by atoms with E-state index >= 15 is 0 Å². The minimum absolute atomic E-state index is 0.298. The van der Waals surface area contributed by atoms with Crippen LogP contribution in [0.25, 0.3) is 16.8 Å². The molecule has 4 rings (SSSR count). The molecule has 0 aliphatic rings. The van der Waals surface area contributed by atoms with Crippen molar-refractivity contribution in [1.82, 2.24) is 14.4 Å². The van der Waals surface area contributed by atoms with Gasteiger partial charge in [-0.2, -0.15) is 0 Å². The number of imidazole rings is 1. The van der Waals surface area contributed by atoms with Gasteiger partial charge in [-0.25, -0.2) is 14.8 Å². The van der Waals surface area contributed by atoms with Crippen molar-refractivity contribution in [1.29, 1.82) is 0 Å². The van der Waals surface area contributed by atoms with E-state index < -0.39 is 5.97 Å². The van der Waals surface area contributed by atoms with Crippen molar-refractivity contribution in [3.63, 3.8) is 0 Å². The van der Waals surface area contributed by atoms with Crippen LogP contribution in [0.3, 0.4) is 0 Å². The number of fused-ring (bicyclic) bond motifs is 1. The minimum atomic E-state index is -0.440. The summed E-state index contributed by atoms with van der Waals surface area (Å²) in [5.74, 6) is -0.440. The highest BCUT2D eigenvalue weighted by molar-refractivity contribution is 6.30. The first-order valence-electron chi connectivity index (χ1n) is 8.81. The van der Waals surface area contributed by atoms with Crippen LogP contribution in [0.1, 0.15) is 27.3 Å². The van der Waals surface area contributed by atoms with E-state index in [0.29, 0.717) is 17.1 Å². The molecule has 28 heavy (non-hydrogen) atoms. The highest BCUT2D eigenvalue weighted by Crippen LogP contribution is 2.28. The Labute approximate surface area is 167 Å². The molecule has 1 aromatic carbocycles. The van der Waals surface area contributed by atoms with Crippen LogP contribution < -0.4 is 0 Å². The Balaban J connectivity index is 1.74. The third-order valence-electron chi connectivity index (χ3n) is 4.49. The van der Waals surface area contributed by atoms with Gasteiger partial charge in [0.25, 0.3) is 0 Å². The second-order valence-corrected chi connectivity index (χ2v) is 7.04. The van der Waals surface area contributed by atoms with Gasteiger partial charge < -0.3 is 9.14 Å². The molecule has 0 saturated carbocycles. The summed E-state index contributed by atoms with van der Waals surface area (Å²) in [6, 6.07) is 13.5. The van der Waals surface area contributed by atoms with Crippen molar-refractivity contribution in [2.45, 2.75) is 13.3 Å². The number of hydrogen-bond donors (Lipinski definition) is 0. The average Bonchev–Trinajstić information content (AvgIpc) is 3.07. The molecule has 3 heterocycles. The Morgan fingerprint density at radius 2 is 2.00 bits per heavy atom. The number of aromatic nitrogens is 3. The molecule has 4 aromatic rings. The lowest BCUT2D eigenvalue weighted by Crippen LogP contribution is -2.04. The van der Waals surface area contributed by atoms with E-state index in [-0.39, 0.29) is 0 Å². The topological polar surface area (TPSA) is 56.5 Å². The van der Waals surface area contributed by atoms with Crippen LogP contribution in [0.15, 0.2) is 61.1 Å². The molecule has 0 spiro atoms. The third-order valence-corrected chi connectivity index (χ3v) is 4.73. The van der Waals surface area contributed by atoms with Crippen LogP contribution in [-0.2, 0) is 11.2 Å². The van der Waals surface area contributed by atoms with E-state index in [1.54, 1.807) is 12.3 Å². The van der Waals surface area contributed by atoms with Gasteiger partial charge in [0.1, 0.15) is 11.3 Å². The first-order valence-corrected chi connectivity index (χ1v) is 9.19. The summed E-state index contributed by atoms with van der Waals surface area (Å²) in [7, 11) is 1.34. The van der Waals surface area contributed by atoms with Gasteiger partial charge in [0.2, 0.25) is 0 Å². The Hall–Kier alpha value is -3.18.